The predicted molar refractivity (Wildman–Crippen MR) is 85.5 cm³/mol. The number of aromatic nitrogens is 1. The molecule has 1 fully saturated rings. The number of pyridine rings is 1. The number of amides is 2. The Bertz CT molecular complexity index is 691. The molecule has 3 rings (SSSR count). The van der Waals surface area contributed by atoms with Crippen LogP contribution in [0, 0.1) is 0 Å². The molecule has 0 radical (unpaired) electrons. The fourth-order valence-electron chi connectivity index (χ4n) is 2.26. The van der Waals surface area contributed by atoms with Crippen molar-refractivity contribution in [2.75, 3.05) is 0 Å². The molecule has 0 unspecified atom stereocenters. The summed E-state index contributed by atoms with van der Waals surface area (Å²) in [6.45, 7) is 0.281. The van der Waals surface area contributed by atoms with Gasteiger partial charge in [0.2, 0.25) is 11.8 Å². The molecular formula is C16H13ClN2O2S. The van der Waals surface area contributed by atoms with Crippen molar-refractivity contribution in [2.45, 2.75) is 23.1 Å². The first-order chi connectivity index (χ1) is 10.6. The third-order valence-corrected chi connectivity index (χ3v) is 4.81. The van der Waals surface area contributed by atoms with E-state index in [1.807, 2.05) is 18.2 Å². The van der Waals surface area contributed by atoms with Crippen LogP contribution in [0.15, 0.2) is 53.7 Å². The van der Waals surface area contributed by atoms with E-state index in [1.54, 1.807) is 30.6 Å². The quantitative estimate of drug-likeness (QED) is 0.807. The summed E-state index contributed by atoms with van der Waals surface area (Å²) in [4.78, 5) is 30.8. The standard InChI is InChI=1S/C16H13ClN2O2S/c17-12-3-5-13(6-4-12)22-14-8-15(20)19(16(14)21)10-11-2-1-7-18-9-11/h1-7,9,14H,8,10H2/t14-/m1/s1. The van der Waals surface area contributed by atoms with Crippen molar-refractivity contribution in [2.24, 2.45) is 0 Å². The summed E-state index contributed by atoms with van der Waals surface area (Å²) in [5.74, 6) is -0.283. The van der Waals surface area contributed by atoms with E-state index in [0.29, 0.717) is 5.02 Å². The van der Waals surface area contributed by atoms with E-state index in [0.717, 1.165) is 10.5 Å². The number of carbonyl (C=O) groups excluding carboxylic acids is 2. The van der Waals surface area contributed by atoms with Gasteiger partial charge in [-0.05, 0) is 35.9 Å². The van der Waals surface area contributed by atoms with Crippen LogP contribution in [0.1, 0.15) is 12.0 Å². The van der Waals surface area contributed by atoms with E-state index in [4.69, 9.17) is 11.6 Å². The van der Waals surface area contributed by atoms with Gasteiger partial charge in [-0.2, -0.15) is 0 Å². The summed E-state index contributed by atoms with van der Waals surface area (Å²) in [5, 5.41) is 0.279. The fraction of sp³-hybridized carbons (Fsp3) is 0.188. The van der Waals surface area contributed by atoms with E-state index in [2.05, 4.69) is 4.98 Å². The van der Waals surface area contributed by atoms with Gasteiger partial charge in [0.25, 0.3) is 0 Å². The van der Waals surface area contributed by atoms with Gasteiger partial charge in [-0.1, -0.05) is 17.7 Å². The molecule has 1 aromatic heterocycles. The van der Waals surface area contributed by atoms with Crippen molar-refractivity contribution in [3.63, 3.8) is 0 Å². The van der Waals surface area contributed by atoms with Gasteiger partial charge in [0, 0.05) is 28.7 Å². The lowest BCUT2D eigenvalue weighted by atomic mass is 10.3. The topological polar surface area (TPSA) is 50.3 Å². The maximum atomic E-state index is 12.4. The van der Waals surface area contributed by atoms with Crippen LogP contribution in [-0.2, 0) is 16.1 Å². The summed E-state index contributed by atoms with van der Waals surface area (Å²) < 4.78 is 0. The van der Waals surface area contributed by atoms with E-state index < -0.39 is 0 Å². The van der Waals surface area contributed by atoms with Crippen LogP contribution in [0.3, 0.4) is 0 Å². The number of hydrogen-bond donors (Lipinski definition) is 0. The third kappa shape index (κ3) is 3.31. The average molecular weight is 333 g/mol. The van der Waals surface area contributed by atoms with Gasteiger partial charge < -0.3 is 0 Å². The summed E-state index contributed by atoms with van der Waals surface area (Å²) in [6, 6.07) is 10.9. The van der Waals surface area contributed by atoms with Crippen molar-refractivity contribution in [3.05, 3.63) is 59.4 Å². The second-order valence-electron chi connectivity index (χ2n) is 4.94. The van der Waals surface area contributed by atoms with Gasteiger partial charge >= 0.3 is 0 Å². The lowest BCUT2D eigenvalue weighted by Crippen LogP contribution is -2.30. The number of hydrogen-bond acceptors (Lipinski definition) is 4. The summed E-state index contributed by atoms with van der Waals surface area (Å²) in [7, 11) is 0. The molecule has 112 valence electrons. The lowest BCUT2D eigenvalue weighted by molar-refractivity contribution is -0.138. The van der Waals surface area contributed by atoms with Crippen molar-refractivity contribution in [3.8, 4) is 0 Å². The van der Waals surface area contributed by atoms with E-state index in [9.17, 15) is 9.59 Å². The molecule has 1 atom stereocenters. The van der Waals surface area contributed by atoms with Crippen molar-refractivity contribution in [1.82, 2.24) is 9.88 Å². The number of rotatable bonds is 4. The van der Waals surface area contributed by atoms with Crippen LogP contribution in [0.25, 0.3) is 0 Å². The van der Waals surface area contributed by atoms with E-state index in [-0.39, 0.29) is 30.0 Å². The van der Waals surface area contributed by atoms with Gasteiger partial charge in [0.15, 0.2) is 0 Å². The molecule has 22 heavy (non-hydrogen) atoms. The minimum atomic E-state index is -0.370. The van der Waals surface area contributed by atoms with E-state index >= 15 is 0 Å². The minimum absolute atomic E-state index is 0.139. The summed E-state index contributed by atoms with van der Waals surface area (Å²) in [5.41, 5.74) is 0.848. The smallest absolute Gasteiger partial charge is 0.243 e. The highest BCUT2D eigenvalue weighted by Gasteiger charge is 2.39. The van der Waals surface area contributed by atoms with Gasteiger partial charge in [-0.3, -0.25) is 19.5 Å². The Balaban J connectivity index is 1.70. The van der Waals surface area contributed by atoms with E-state index in [1.165, 1.54) is 16.7 Å². The molecule has 4 nitrogen and oxygen atoms in total. The first-order valence-corrected chi connectivity index (χ1v) is 8.04. The molecule has 1 aliphatic rings. The molecule has 2 amide bonds. The highest BCUT2D eigenvalue weighted by Crippen LogP contribution is 2.32. The zero-order valence-electron chi connectivity index (χ0n) is 11.6. The number of nitrogens with zero attached hydrogens (tertiary/aromatic N) is 2. The summed E-state index contributed by atoms with van der Waals surface area (Å²) in [6.07, 6.45) is 3.56. The van der Waals surface area contributed by atoms with Crippen molar-refractivity contribution >= 4 is 35.2 Å². The largest absolute Gasteiger partial charge is 0.277 e. The van der Waals surface area contributed by atoms with Crippen LogP contribution in [0.2, 0.25) is 5.02 Å². The SMILES string of the molecule is O=C1C[C@@H](Sc2ccc(Cl)cc2)C(=O)N1Cc1cccnc1. The number of halogens is 1. The molecule has 0 aliphatic carbocycles. The van der Waals surface area contributed by atoms with Crippen LogP contribution in [0.5, 0.6) is 0 Å². The highest BCUT2D eigenvalue weighted by molar-refractivity contribution is 8.00. The third-order valence-electron chi connectivity index (χ3n) is 3.36. The Kier molecular flexibility index (Phi) is 4.45. The molecule has 0 N–H and O–H groups in total. The number of likely N-dealkylation sites (tertiary alicyclic amines) is 1. The van der Waals surface area contributed by atoms with Crippen LogP contribution in [0.4, 0.5) is 0 Å². The van der Waals surface area contributed by atoms with Gasteiger partial charge in [-0.15, -0.1) is 11.8 Å². The molecule has 2 aromatic rings. The first-order valence-electron chi connectivity index (χ1n) is 6.79. The maximum Gasteiger partial charge on any atom is 0.243 e. The molecular weight excluding hydrogens is 320 g/mol. The zero-order chi connectivity index (χ0) is 15.5. The minimum Gasteiger partial charge on any atom is -0.277 e. The highest BCUT2D eigenvalue weighted by atomic mass is 35.5. The zero-order valence-corrected chi connectivity index (χ0v) is 13.2. The van der Waals surface area contributed by atoms with Crippen LogP contribution in [-0.4, -0.2) is 26.9 Å². The molecule has 1 saturated heterocycles. The normalized spacial score (nSPS) is 18.0. The number of thioether (sulfide) groups is 1. The Morgan fingerprint density at radius 1 is 1.23 bits per heavy atom. The number of imide groups is 1. The van der Waals surface area contributed by atoms with Crippen LogP contribution < -0.4 is 0 Å². The number of benzene rings is 1. The predicted octanol–water partition coefficient (Wildman–Crippen LogP) is 3.15. The van der Waals surface area contributed by atoms with Crippen molar-refractivity contribution < 1.29 is 9.59 Å². The van der Waals surface area contributed by atoms with Gasteiger partial charge in [0.1, 0.15) is 0 Å². The molecule has 6 heteroatoms. The van der Waals surface area contributed by atoms with Gasteiger partial charge in [0.05, 0.1) is 11.8 Å². The average Bonchev–Trinajstić information content (AvgIpc) is 2.78. The Labute approximate surface area is 137 Å². The molecule has 1 aliphatic heterocycles. The molecule has 0 bridgehead atoms. The second-order valence-corrected chi connectivity index (χ2v) is 6.66. The monoisotopic (exact) mass is 332 g/mol. The Morgan fingerprint density at radius 3 is 2.68 bits per heavy atom. The first kappa shape index (κ1) is 15.1. The molecule has 0 spiro atoms. The van der Waals surface area contributed by atoms with Crippen LogP contribution >= 0.6 is 23.4 Å². The number of carbonyl (C=O) groups is 2. The Hall–Kier alpha value is -1.85. The molecule has 0 saturated carbocycles. The van der Waals surface area contributed by atoms with Crippen molar-refractivity contribution in [1.29, 1.82) is 0 Å². The fourth-order valence-corrected chi connectivity index (χ4v) is 3.46. The van der Waals surface area contributed by atoms with Gasteiger partial charge in [-0.25, -0.2) is 0 Å². The second kappa shape index (κ2) is 6.50. The molecule has 2 heterocycles. The summed E-state index contributed by atoms with van der Waals surface area (Å²) >= 11 is 7.25. The maximum absolute atomic E-state index is 12.4. The lowest BCUT2D eigenvalue weighted by Gasteiger charge is -2.14. The Morgan fingerprint density at radius 2 is 2.00 bits per heavy atom. The molecule has 1 aromatic carbocycles.